The van der Waals surface area contributed by atoms with Gasteiger partial charge in [-0.2, -0.15) is 17.4 Å². The molecule has 1 fully saturated rings. The summed E-state index contributed by atoms with van der Waals surface area (Å²) in [6.07, 6.45) is -1.12. The number of hydrogen-bond donors (Lipinski definition) is 0. The molecule has 3 aromatic rings. The predicted molar refractivity (Wildman–Crippen MR) is 144 cm³/mol. The third-order valence-corrected chi connectivity index (χ3v) is 7.36. The van der Waals surface area contributed by atoms with E-state index in [0.29, 0.717) is 33.0 Å². The van der Waals surface area contributed by atoms with Gasteiger partial charge >= 0.3 is 0 Å². The minimum absolute atomic E-state index is 0.231. The van der Waals surface area contributed by atoms with E-state index in [-0.39, 0.29) is 24.4 Å². The smallest absolute Gasteiger partial charge is 0.290 e. The fourth-order valence-corrected chi connectivity index (χ4v) is 4.98. The van der Waals surface area contributed by atoms with E-state index in [4.69, 9.17) is 22.7 Å². The van der Waals surface area contributed by atoms with Crippen LogP contribution in [0, 0.1) is 0 Å². The molecule has 0 N–H and O–H groups in total. The average molecular weight is 506 g/mol. The van der Waals surface area contributed by atoms with Crippen LogP contribution in [0.15, 0.2) is 91.0 Å². The summed E-state index contributed by atoms with van der Waals surface area (Å²) >= 11 is -2.03. The molecule has 4 rings (SSSR count). The Hall–Kier alpha value is -2.01. The number of rotatable bonds is 12. The van der Waals surface area contributed by atoms with Gasteiger partial charge in [-0.25, -0.2) is 0 Å². The highest BCUT2D eigenvalue weighted by atomic mass is 27.3. The summed E-state index contributed by atoms with van der Waals surface area (Å²) in [5.41, 5.74) is 3.34. The number of ether oxygens (including phenoxy) is 4. The van der Waals surface area contributed by atoms with Crippen LogP contribution in [-0.2, 0) is 42.6 Å². The molecule has 0 spiro atoms. The third kappa shape index (κ3) is 8.54. The van der Waals surface area contributed by atoms with Crippen LogP contribution >= 0.6 is 0 Å². The molecule has 1 aliphatic rings. The minimum Gasteiger partial charge on any atom is -0.656 e. The highest BCUT2D eigenvalue weighted by molar-refractivity contribution is 6.69. The Bertz CT molecular complexity index is 1010. The molecule has 0 radical (unpaired) electrons. The lowest BCUT2D eigenvalue weighted by atomic mass is 9.99. The van der Waals surface area contributed by atoms with Gasteiger partial charge in [0.25, 0.3) is 13.4 Å². The Morgan fingerprint density at radius 1 is 0.639 bits per heavy atom. The first-order valence-corrected chi connectivity index (χ1v) is 16.9. The number of benzene rings is 3. The van der Waals surface area contributed by atoms with Crippen LogP contribution in [0.4, 0.5) is 0 Å². The van der Waals surface area contributed by atoms with Crippen LogP contribution < -0.4 is 0 Å². The maximum absolute atomic E-state index is 6.56. The molecule has 6 heteroatoms. The Kier molecular flexibility index (Phi) is 10.1. The van der Waals surface area contributed by atoms with Crippen molar-refractivity contribution in [3.63, 3.8) is 0 Å². The van der Waals surface area contributed by atoms with E-state index in [0.717, 1.165) is 16.7 Å². The molecule has 0 saturated carbocycles. The summed E-state index contributed by atoms with van der Waals surface area (Å²) in [7, 11) is 0. The fraction of sp³-hybridized carbons (Fsp3) is 0.400. The van der Waals surface area contributed by atoms with Gasteiger partial charge in [-0.05, 0) is 16.7 Å². The van der Waals surface area contributed by atoms with Crippen molar-refractivity contribution in [1.82, 2.24) is 0 Å². The van der Waals surface area contributed by atoms with Crippen LogP contribution in [0.1, 0.15) is 16.7 Å². The first-order chi connectivity index (χ1) is 17.5. The van der Waals surface area contributed by atoms with Crippen molar-refractivity contribution in [3.8, 4) is 0 Å². The van der Waals surface area contributed by atoms with E-state index in [9.17, 15) is 0 Å². The zero-order valence-corrected chi connectivity index (χ0v) is 22.8. The molecule has 4 atom stereocenters. The summed E-state index contributed by atoms with van der Waals surface area (Å²) in [5.74, 6) is 6.64. The third-order valence-electron chi connectivity index (χ3n) is 6.17. The standard InChI is InChI=1S/C27H29O5.3CH3.Al/c28-16-24-26(31-18-22-12-6-2-7-13-22)27(32-19-23-14-8-3-9-15-23)25(20-30-24)29-17-21-10-4-1-5-11-21;;;;/h1-15,24-27H,16-20H2;3*1H3;/q-1;;;;/t24-,25+,26-,27-;;;;/m1..../s1. The van der Waals surface area contributed by atoms with Crippen molar-refractivity contribution in [2.45, 2.75) is 61.6 Å². The molecular formula is C30H38AlO5-. The summed E-state index contributed by atoms with van der Waals surface area (Å²) in [6.45, 7) is 2.36. The molecule has 192 valence electrons. The molecule has 1 aliphatic heterocycles. The SMILES string of the molecule is [CH3][Al-]([CH3])([CH3])[O]C[C@H]1OC[C@H](OCc2ccccc2)[C@@H](OCc2ccccc2)[C@@H]1OCc1ccccc1. The Morgan fingerprint density at radius 3 is 1.56 bits per heavy atom. The second kappa shape index (κ2) is 13.5. The molecule has 0 amide bonds. The molecule has 5 nitrogen and oxygen atoms in total. The molecule has 36 heavy (non-hydrogen) atoms. The zero-order valence-electron chi connectivity index (χ0n) is 21.6. The Balaban J connectivity index is 1.53. The normalized spacial score (nSPS) is 22.4. The van der Waals surface area contributed by atoms with Crippen LogP contribution in [0.3, 0.4) is 0 Å². The Labute approximate surface area is 218 Å². The second-order valence-corrected chi connectivity index (χ2v) is 15.7. The first kappa shape index (κ1) is 27.0. The van der Waals surface area contributed by atoms with Crippen LogP contribution in [0.25, 0.3) is 0 Å². The molecule has 0 aliphatic carbocycles. The monoisotopic (exact) mass is 505 g/mol. The highest BCUT2D eigenvalue weighted by Crippen LogP contribution is 2.27. The van der Waals surface area contributed by atoms with Crippen molar-refractivity contribution >= 4 is 13.4 Å². The van der Waals surface area contributed by atoms with Gasteiger partial charge in [-0.1, -0.05) is 91.0 Å². The van der Waals surface area contributed by atoms with Gasteiger partial charge in [0.1, 0.15) is 24.4 Å². The highest BCUT2D eigenvalue weighted by Gasteiger charge is 2.43. The van der Waals surface area contributed by atoms with E-state index in [2.05, 4.69) is 53.8 Å². The van der Waals surface area contributed by atoms with Crippen LogP contribution in [-0.4, -0.2) is 51.0 Å². The fourth-order valence-electron chi connectivity index (χ4n) is 4.22. The van der Waals surface area contributed by atoms with E-state index in [1.54, 1.807) is 0 Å². The van der Waals surface area contributed by atoms with Crippen molar-refractivity contribution in [3.05, 3.63) is 108 Å². The first-order valence-electron chi connectivity index (χ1n) is 13.0. The quantitative estimate of drug-likeness (QED) is 0.283. The molecule has 1 heterocycles. The lowest BCUT2D eigenvalue weighted by Crippen LogP contribution is -2.57. The lowest BCUT2D eigenvalue weighted by Gasteiger charge is -2.43. The minimum atomic E-state index is -2.03. The summed E-state index contributed by atoms with van der Waals surface area (Å²) in [4.78, 5) is 0. The summed E-state index contributed by atoms with van der Waals surface area (Å²) in [5, 5.41) is 0. The second-order valence-electron chi connectivity index (χ2n) is 10.5. The molecular weight excluding hydrogens is 467 g/mol. The number of hydrogen-bond acceptors (Lipinski definition) is 5. The van der Waals surface area contributed by atoms with E-state index in [1.165, 1.54) is 0 Å². The Morgan fingerprint density at radius 2 is 1.08 bits per heavy atom. The summed E-state index contributed by atoms with van der Waals surface area (Å²) in [6, 6.07) is 30.6. The lowest BCUT2D eigenvalue weighted by molar-refractivity contribution is -0.242. The maximum atomic E-state index is 6.56. The van der Waals surface area contributed by atoms with Crippen LogP contribution in [0.5, 0.6) is 0 Å². The van der Waals surface area contributed by atoms with E-state index < -0.39 is 13.4 Å². The largest absolute Gasteiger partial charge is 0.656 e. The molecule has 0 aromatic heterocycles. The van der Waals surface area contributed by atoms with Gasteiger partial charge in [-0.3, -0.25) is 0 Å². The van der Waals surface area contributed by atoms with Gasteiger partial charge in [0.15, 0.2) is 0 Å². The van der Waals surface area contributed by atoms with Crippen molar-refractivity contribution in [1.29, 1.82) is 0 Å². The van der Waals surface area contributed by atoms with E-state index in [1.807, 2.05) is 54.6 Å². The predicted octanol–water partition coefficient (Wildman–Crippen LogP) is 5.99. The van der Waals surface area contributed by atoms with Crippen LogP contribution in [0.2, 0.25) is 17.4 Å². The van der Waals surface area contributed by atoms with Crippen molar-refractivity contribution in [2.24, 2.45) is 0 Å². The molecule has 3 aromatic carbocycles. The van der Waals surface area contributed by atoms with Gasteiger partial charge in [0.05, 0.1) is 26.4 Å². The van der Waals surface area contributed by atoms with Crippen molar-refractivity contribution < 1.29 is 22.7 Å². The average Bonchev–Trinajstić information content (AvgIpc) is 2.90. The van der Waals surface area contributed by atoms with Gasteiger partial charge < -0.3 is 22.7 Å². The van der Waals surface area contributed by atoms with Crippen molar-refractivity contribution in [2.75, 3.05) is 13.2 Å². The zero-order chi connectivity index (χ0) is 25.2. The topological polar surface area (TPSA) is 46.2 Å². The molecule has 0 bridgehead atoms. The van der Waals surface area contributed by atoms with Gasteiger partial charge in [0, 0.05) is 6.61 Å². The van der Waals surface area contributed by atoms with E-state index >= 15 is 0 Å². The molecule has 1 saturated heterocycles. The maximum Gasteiger partial charge on any atom is 0.290 e. The molecule has 0 unspecified atom stereocenters. The summed E-state index contributed by atoms with van der Waals surface area (Å²) < 4.78 is 32.1. The van der Waals surface area contributed by atoms with Gasteiger partial charge in [-0.15, -0.1) is 0 Å². The van der Waals surface area contributed by atoms with Gasteiger partial charge in [0.2, 0.25) is 0 Å².